The van der Waals surface area contributed by atoms with Gasteiger partial charge in [-0.25, -0.2) is 0 Å². The Kier molecular flexibility index (Phi) is 3.69. The third kappa shape index (κ3) is 2.67. The van der Waals surface area contributed by atoms with Crippen LogP contribution in [-0.2, 0) is 9.53 Å². The summed E-state index contributed by atoms with van der Waals surface area (Å²) in [4.78, 5) is 23.8. The van der Waals surface area contributed by atoms with Crippen molar-refractivity contribution in [3.63, 3.8) is 0 Å². The van der Waals surface area contributed by atoms with E-state index in [1.165, 1.54) is 13.2 Å². The maximum atomic E-state index is 11.5. The van der Waals surface area contributed by atoms with E-state index in [0.29, 0.717) is 6.54 Å². The van der Waals surface area contributed by atoms with Crippen LogP contribution in [0.2, 0.25) is 0 Å². The van der Waals surface area contributed by atoms with Crippen LogP contribution in [0, 0.1) is 23.0 Å². The molecule has 0 aliphatic carbocycles. The number of hydrogen-bond acceptors (Lipinski definition) is 5. The highest BCUT2D eigenvalue weighted by Gasteiger charge is 2.29. The van der Waals surface area contributed by atoms with E-state index in [-0.39, 0.29) is 17.6 Å². The second-order valence-electron chi connectivity index (χ2n) is 4.68. The Morgan fingerprint density at radius 3 is 2.84 bits per heavy atom. The van der Waals surface area contributed by atoms with Crippen LogP contribution in [0.4, 0.5) is 11.4 Å². The van der Waals surface area contributed by atoms with Crippen molar-refractivity contribution < 1.29 is 14.5 Å². The predicted molar refractivity (Wildman–Crippen MR) is 70.2 cm³/mol. The number of hydrogen-bond donors (Lipinski definition) is 0. The molecule has 0 spiro atoms. The van der Waals surface area contributed by atoms with Gasteiger partial charge in [0.25, 0.3) is 5.69 Å². The first-order chi connectivity index (χ1) is 9.02. The third-order valence-electron chi connectivity index (χ3n) is 3.45. The highest BCUT2D eigenvalue weighted by atomic mass is 16.6. The molecule has 1 unspecified atom stereocenters. The molecule has 1 aromatic rings. The number of nitro groups is 1. The highest BCUT2D eigenvalue weighted by Crippen LogP contribution is 2.29. The average Bonchev–Trinajstić information content (AvgIpc) is 2.87. The maximum Gasteiger partial charge on any atom is 0.310 e. The Hall–Kier alpha value is -2.11. The van der Waals surface area contributed by atoms with E-state index in [1.54, 1.807) is 12.1 Å². The van der Waals surface area contributed by atoms with Crippen LogP contribution in [0.5, 0.6) is 0 Å². The first-order valence-electron chi connectivity index (χ1n) is 6.10. The van der Waals surface area contributed by atoms with Gasteiger partial charge in [0.15, 0.2) is 0 Å². The van der Waals surface area contributed by atoms with Gasteiger partial charge in [0.05, 0.1) is 18.0 Å². The smallest absolute Gasteiger partial charge is 0.310 e. The molecule has 1 heterocycles. The minimum Gasteiger partial charge on any atom is -0.469 e. The van der Waals surface area contributed by atoms with Gasteiger partial charge in [-0.2, -0.15) is 0 Å². The van der Waals surface area contributed by atoms with Crippen molar-refractivity contribution in [1.82, 2.24) is 0 Å². The lowest BCUT2D eigenvalue weighted by molar-refractivity contribution is -0.384. The van der Waals surface area contributed by atoms with Gasteiger partial charge in [-0.1, -0.05) is 0 Å². The van der Waals surface area contributed by atoms with Crippen LogP contribution in [0.25, 0.3) is 0 Å². The topological polar surface area (TPSA) is 72.7 Å². The molecule has 1 aromatic carbocycles. The van der Waals surface area contributed by atoms with Gasteiger partial charge in [0.2, 0.25) is 0 Å². The zero-order valence-corrected chi connectivity index (χ0v) is 11.0. The number of carbonyl (C=O) groups excluding carboxylic acids is 1. The normalized spacial score (nSPS) is 18.4. The number of methoxy groups -OCH3 is 1. The molecular formula is C13H16N2O4. The van der Waals surface area contributed by atoms with E-state index < -0.39 is 4.92 Å². The Balaban J connectivity index is 2.16. The van der Waals surface area contributed by atoms with Crippen molar-refractivity contribution in [2.75, 3.05) is 25.1 Å². The molecule has 102 valence electrons. The molecule has 19 heavy (non-hydrogen) atoms. The van der Waals surface area contributed by atoms with E-state index >= 15 is 0 Å². The molecule has 6 nitrogen and oxygen atoms in total. The predicted octanol–water partition coefficient (Wildman–Crippen LogP) is 1.90. The lowest BCUT2D eigenvalue weighted by Crippen LogP contribution is -2.24. The summed E-state index contributed by atoms with van der Waals surface area (Å²) in [5, 5.41) is 10.7. The Labute approximate surface area is 111 Å². The summed E-state index contributed by atoms with van der Waals surface area (Å²) in [6.45, 7) is 3.21. The number of aryl methyl sites for hydroxylation is 1. The first kappa shape index (κ1) is 13.3. The van der Waals surface area contributed by atoms with E-state index in [0.717, 1.165) is 24.2 Å². The molecule has 1 aliphatic rings. The van der Waals surface area contributed by atoms with Crippen molar-refractivity contribution in [1.29, 1.82) is 0 Å². The standard InChI is InChI=1S/C13H16N2O4/c1-9-7-11(15(17)18)3-4-12(9)14-6-5-10(8-14)13(16)19-2/h3-4,7,10H,5-6,8H2,1-2H3. The number of rotatable bonds is 3. The lowest BCUT2D eigenvalue weighted by Gasteiger charge is -2.20. The molecule has 6 heteroatoms. The SMILES string of the molecule is COC(=O)C1CCN(c2ccc([N+](=O)[O-])cc2C)C1. The van der Waals surface area contributed by atoms with Crippen LogP contribution >= 0.6 is 0 Å². The number of carbonyl (C=O) groups is 1. The molecule has 0 bridgehead atoms. The number of nitro benzene ring substituents is 1. The van der Waals surface area contributed by atoms with E-state index in [4.69, 9.17) is 4.74 Å². The largest absolute Gasteiger partial charge is 0.469 e. The van der Waals surface area contributed by atoms with E-state index in [9.17, 15) is 14.9 Å². The summed E-state index contributed by atoms with van der Waals surface area (Å²) < 4.78 is 4.74. The fourth-order valence-corrected chi connectivity index (χ4v) is 2.45. The van der Waals surface area contributed by atoms with Crippen molar-refractivity contribution >= 4 is 17.3 Å². The third-order valence-corrected chi connectivity index (χ3v) is 3.45. The van der Waals surface area contributed by atoms with Crippen LogP contribution in [0.1, 0.15) is 12.0 Å². The molecule has 0 saturated carbocycles. The second-order valence-corrected chi connectivity index (χ2v) is 4.68. The van der Waals surface area contributed by atoms with Crippen LogP contribution in [-0.4, -0.2) is 31.1 Å². The minimum atomic E-state index is -0.405. The maximum absolute atomic E-state index is 11.5. The molecule has 1 saturated heterocycles. The number of esters is 1. The van der Waals surface area contributed by atoms with Crippen LogP contribution in [0.15, 0.2) is 18.2 Å². The number of anilines is 1. The number of nitrogens with zero attached hydrogens (tertiary/aromatic N) is 2. The van der Waals surface area contributed by atoms with Gasteiger partial charge in [-0.05, 0) is 25.0 Å². The van der Waals surface area contributed by atoms with Crippen molar-refractivity contribution in [2.45, 2.75) is 13.3 Å². The molecule has 0 N–H and O–H groups in total. The minimum absolute atomic E-state index is 0.0879. The quantitative estimate of drug-likeness (QED) is 0.473. The second kappa shape index (κ2) is 5.26. The van der Waals surface area contributed by atoms with Gasteiger partial charge >= 0.3 is 5.97 Å². The molecular weight excluding hydrogens is 248 g/mol. The average molecular weight is 264 g/mol. The molecule has 0 aromatic heterocycles. The van der Waals surface area contributed by atoms with E-state index in [1.807, 2.05) is 6.92 Å². The van der Waals surface area contributed by atoms with Gasteiger partial charge in [0.1, 0.15) is 0 Å². The zero-order valence-electron chi connectivity index (χ0n) is 11.0. The van der Waals surface area contributed by atoms with Crippen LogP contribution in [0.3, 0.4) is 0 Å². The molecule has 0 amide bonds. The monoisotopic (exact) mass is 264 g/mol. The van der Waals surface area contributed by atoms with Crippen molar-refractivity contribution in [3.05, 3.63) is 33.9 Å². The summed E-state index contributed by atoms with van der Waals surface area (Å²) in [6, 6.07) is 4.79. The Morgan fingerprint density at radius 1 is 1.53 bits per heavy atom. The molecule has 0 radical (unpaired) electrons. The lowest BCUT2D eigenvalue weighted by atomic mass is 10.1. The summed E-state index contributed by atoms with van der Waals surface area (Å²) in [6.07, 6.45) is 0.753. The zero-order chi connectivity index (χ0) is 14.0. The number of benzene rings is 1. The van der Waals surface area contributed by atoms with E-state index in [2.05, 4.69) is 4.90 Å². The van der Waals surface area contributed by atoms with Gasteiger partial charge < -0.3 is 9.64 Å². The fraction of sp³-hybridized carbons (Fsp3) is 0.462. The number of ether oxygens (including phenoxy) is 1. The number of non-ortho nitro benzene ring substituents is 1. The molecule has 1 fully saturated rings. The van der Waals surface area contributed by atoms with Gasteiger partial charge in [-0.15, -0.1) is 0 Å². The molecule has 1 atom stereocenters. The first-order valence-corrected chi connectivity index (χ1v) is 6.10. The summed E-state index contributed by atoms with van der Waals surface area (Å²) in [5.41, 5.74) is 1.88. The molecule has 1 aliphatic heterocycles. The summed E-state index contributed by atoms with van der Waals surface area (Å²) in [7, 11) is 1.39. The van der Waals surface area contributed by atoms with Crippen LogP contribution < -0.4 is 4.90 Å². The summed E-state index contributed by atoms with van der Waals surface area (Å²) >= 11 is 0. The highest BCUT2D eigenvalue weighted by molar-refractivity contribution is 5.74. The van der Waals surface area contributed by atoms with Crippen molar-refractivity contribution in [2.24, 2.45) is 5.92 Å². The Morgan fingerprint density at radius 2 is 2.26 bits per heavy atom. The fourth-order valence-electron chi connectivity index (χ4n) is 2.45. The molecule has 2 rings (SSSR count). The van der Waals surface area contributed by atoms with Crippen molar-refractivity contribution in [3.8, 4) is 0 Å². The van der Waals surface area contributed by atoms with Gasteiger partial charge in [0, 0.05) is 30.9 Å². The Bertz CT molecular complexity index is 515. The van der Waals surface area contributed by atoms with Gasteiger partial charge in [-0.3, -0.25) is 14.9 Å². The summed E-state index contributed by atoms with van der Waals surface area (Å²) in [5.74, 6) is -0.304.